The van der Waals surface area contributed by atoms with Gasteiger partial charge >= 0.3 is 0 Å². The molecule has 1 fully saturated rings. The summed E-state index contributed by atoms with van der Waals surface area (Å²) in [6.07, 6.45) is 7.59. The summed E-state index contributed by atoms with van der Waals surface area (Å²) in [6.45, 7) is 2.67. The average molecular weight is 406 g/mol. The first kappa shape index (κ1) is 18.3. The highest BCUT2D eigenvalue weighted by atomic mass is 32.1. The van der Waals surface area contributed by atoms with Crippen molar-refractivity contribution in [2.24, 2.45) is 10.7 Å². The van der Waals surface area contributed by atoms with E-state index in [-0.39, 0.29) is 0 Å². The molecule has 29 heavy (non-hydrogen) atoms. The number of ether oxygens (including phenoxy) is 1. The van der Waals surface area contributed by atoms with E-state index in [1.54, 1.807) is 24.6 Å². The van der Waals surface area contributed by atoms with Gasteiger partial charge in [-0.1, -0.05) is 23.5 Å². The number of rotatable bonds is 4. The molecular formula is C22H23N5OS. The molecule has 6 nitrogen and oxygen atoms in total. The van der Waals surface area contributed by atoms with Crippen LogP contribution in [-0.2, 0) is 6.54 Å². The van der Waals surface area contributed by atoms with Crippen molar-refractivity contribution in [1.29, 1.82) is 0 Å². The number of aromatic nitrogens is 2. The van der Waals surface area contributed by atoms with Gasteiger partial charge in [0.05, 0.1) is 30.4 Å². The number of fused-ring (bicyclic) bond motifs is 1. The van der Waals surface area contributed by atoms with E-state index in [1.807, 2.05) is 18.5 Å². The van der Waals surface area contributed by atoms with Crippen molar-refractivity contribution in [2.75, 3.05) is 25.1 Å². The molecule has 3 aromatic rings. The van der Waals surface area contributed by atoms with Crippen molar-refractivity contribution < 1.29 is 4.74 Å². The average Bonchev–Trinajstić information content (AvgIpc) is 3.41. The van der Waals surface area contributed by atoms with Crippen LogP contribution in [0.5, 0.6) is 5.75 Å². The predicted molar refractivity (Wildman–Crippen MR) is 117 cm³/mol. The molecule has 0 unspecified atom stereocenters. The van der Waals surface area contributed by atoms with Crippen LogP contribution in [0.1, 0.15) is 28.8 Å². The quantitative estimate of drug-likeness (QED) is 0.719. The van der Waals surface area contributed by atoms with Crippen LogP contribution < -0.4 is 15.4 Å². The molecule has 2 aliphatic heterocycles. The van der Waals surface area contributed by atoms with Crippen LogP contribution in [0.4, 0.5) is 5.13 Å². The number of hydrogen-bond donors (Lipinski definition) is 1. The first-order valence-corrected chi connectivity index (χ1v) is 10.7. The van der Waals surface area contributed by atoms with Crippen molar-refractivity contribution >= 4 is 22.2 Å². The number of pyridine rings is 1. The summed E-state index contributed by atoms with van der Waals surface area (Å²) < 4.78 is 5.32. The molecule has 5 rings (SSSR count). The minimum Gasteiger partial charge on any atom is -0.495 e. The summed E-state index contributed by atoms with van der Waals surface area (Å²) in [6, 6.07) is 8.82. The Balaban J connectivity index is 1.43. The topological polar surface area (TPSA) is 76.6 Å². The molecule has 1 saturated heterocycles. The number of anilines is 1. The molecule has 0 saturated carbocycles. The maximum Gasteiger partial charge on any atom is 0.185 e. The number of nitrogens with two attached hydrogens (primary N) is 1. The highest BCUT2D eigenvalue weighted by Gasteiger charge is 2.23. The third-order valence-electron chi connectivity index (χ3n) is 5.59. The fraction of sp³-hybridized carbons (Fsp3) is 0.318. The Kier molecular flexibility index (Phi) is 4.77. The lowest BCUT2D eigenvalue weighted by molar-refractivity contribution is 0.413. The summed E-state index contributed by atoms with van der Waals surface area (Å²) in [4.78, 5) is 17.2. The number of thiazole rings is 1. The first-order chi connectivity index (χ1) is 14.2. The zero-order valence-corrected chi connectivity index (χ0v) is 17.2. The Hall–Kier alpha value is -2.77. The molecule has 0 aliphatic carbocycles. The van der Waals surface area contributed by atoms with Gasteiger partial charge in [0.25, 0.3) is 0 Å². The second-order valence-electron chi connectivity index (χ2n) is 7.48. The van der Waals surface area contributed by atoms with Gasteiger partial charge in [-0.15, -0.1) is 0 Å². The monoisotopic (exact) mass is 405 g/mol. The van der Waals surface area contributed by atoms with Gasteiger partial charge in [-0.2, -0.15) is 0 Å². The van der Waals surface area contributed by atoms with Crippen LogP contribution in [-0.4, -0.2) is 41.9 Å². The molecule has 4 heterocycles. The van der Waals surface area contributed by atoms with E-state index >= 15 is 0 Å². The minimum absolute atomic E-state index is 0.321. The summed E-state index contributed by atoms with van der Waals surface area (Å²) >= 11 is 1.72. The Bertz CT molecular complexity index is 1070. The van der Waals surface area contributed by atoms with Gasteiger partial charge in [-0.05, 0) is 36.1 Å². The van der Waals surface area contributed by atoms with Gasteiger partial charge in [0, 0.05) is 42.7 Å². The number of piperidine rings is 1. The van der Waals surface area contributed by atoms with Crippen LogP contribution in [0.15, 0.2) is 47.8 Å². The van der Waals surface area contributed by atoms with Crippen molar-refractivity contribution in [1.82, 2.24) is 9.97 Å². The van der Waals surface area contributed by atoms with Crippen molar-refractivity contribution in [3.63, 3.8) is 0 Å². The Labute approximate surface area is 174 Å². The number of methoxy groups -OCH3 is 1. The van der Waals surface area contributed by atoms with Crippen LogP contribution in [0.2, 0.25) is 0 Å². The Morgan fingerprint density at radius 3 is 2.79 bits per heavy atom. The second-order valence-corrected chi connectivity index (χ2v) is 8.49. The van der Waals surface area contributed by atoms with E-state index in [0.717, 1.165) is 58.5 Å². The van der Waals surface area contributed by atoms with Crippen molar-refractivity contribution in [3.8, 4) is 16.9 Å². The van der Waals surface area contributed by atoms with Crippen LogP contribution in [0.25, 0.3) is 11.1 Å². The van der Waals surface area contributed by atoms with E-state index < -0.39 is 0 Å². The number of benzene rings is 1. The van der Waals surface area contributed by atoms with E-state index in [0.29, 0.717) is 12.6 Å². The third kappa shape index (κ3) is 3.52. The highest BCUT2D eigenvalue weighted by Crippen LogP contribution is 2.33. The Morgan fingerprint density at radius 2 is 1.97 bits per heavy atom. The van der Waals surface area contributed by atoms with Gasteiger partial charge in [-0.3, -0.25) is 9.98 Å². The molecule has 0 amide bonds. The lowest BCUT2D eigenvalue weighted by Gasteiger charge is -2.29. The molecule has 0 radical (unpaired) electrons. The maximum atomic E-state index is 6.04. The SMILES string of the molecule is COc1cncc(-c2ccc3c(c2)C(c2cnc(N4CCC(N)CC4)s2)=NC3)c1. The van der Waals surface area contributed by atoms with Crippen LogP contribution in [0.3, 0.4) is 0 Å². The van der Waals surface area contributed by atoms with Crippen molar-refractivity contribution in [3.05, 3.63) is 58.9 Å². The Morgan fingerprint density at radius 1 is 1.10 bits per heavy atom. The smallest absolute Gasteiger partial charge is 0.185 e. The van der Waals surface area contributed by atoms with Gasteiger partial charge < -0.3 is 15.4 Å². The molecule has 0 bridgehead atoms. The molecule has 2 aromatic heterocycles. The van der Waals surface area contributed by atoms with E-state index in [4.69, 9.17) is 15.5 Å². The standard InChI is InChI=1S/C22H23N5OS/c1-28-18-8-16(10-24-12-18)14-2-3-15-11-25-21(19(15)9-14)20-13-26-22(29-20)27-6-4-17(23)5-7-27/h2-3,8-10,12-13,17H,4-7,11,23H2,1H3. The fourth-order valence-corrected chi connectivity index (χ4v) is 4.86. The van der Waals surface area contributed by atoms with Gasteiger partial charge in [-0.25, -0.2) is 4.98 Å². The molecule has 148 valence electrons. The molecule has 0 atom stereocenters. The number of aliphatic imine (C=N–C) groups is 1. The summed E-state index contributed by atoms with van der Waals surface area (Å²) in [7, 11) is 1.66. The maximum absolute atomic E-state index is 6.04. The van der Waals surface area contributed by atoms with E-state index in [2.05, 4.69) is 33.1 Å². The number of nitrogens with zero attached hydrogens (tertiary/aromatic N) is 4. The molecular weight excluding hydrogens is 382 g/mol. The summed E-state index contributed by atoms with van der Waals surface area (Å²) in [5.41, 5.74) is 11.7. The van der Waals surface area contributed by atoms with Gasteiger partial charge in [0.2, 0.25) is 0 Å². The van der Waals surface area contributed by atoms with Crippen molar-refractivity contribution in [2.45, 2.75) is 25.4 Å². The summed E-state index contributed by atoms with van der Waals surface area (Å²) in [5, 5.41) is 1.07. The second kappa shape index (κ2) is 7.57. The molecule has 0 spiro atoms. The van der Waals surface area contributed by atoms with E-state index in [1.165, 1.54) is 11.1 Å². The van der Waals surface area contributed by atoms with Gasteiger partial charge in [0.1, 0.15) is 5.75 Å². The van der Waals surface area contributed by atoms with Crippen LogP contribution >= 0.6 is 11.3 Å². The lowest BCUT2D eigenvalue weighted by Crippen LogP contribution is -2.39. The molecule has 7 heteroatoms. The minimum atomic E-state index is 0.321. The molecule has 2 aliphatic rings. The lowest BCUT2D eigenvalue weighted by atomic mass is 9.98. The zero-order valence-electron chi connectivity index (χ0n) is 16.3. The molecule has 2 N–H and O–H groups in total. The molecule has 1 aromatic carbocycles. The largest absolute Gasteiger partial charge is 0.495 e. The van der Waals surface area contributed by atoms with Gasteiger partial charge in [0.15, 0.2) is 5.13 Å². The fourth-order valence-electron chi connectivity index (χ4n) is 3.87. The predicted octanol–water partition coefficient (Wildman–Crippen LogP) is 3.49. The number of hydrogen-bond acceptors (Lipinski definition) is 7. The van der Waals surface area contributed by atoms with E-state index in [9.17, 15) is 0 Å². The third-order valence-corrected chi connectivity index (χ3v) is 6.66. The van der Waals surface area contributed by atoms with Crippen LogP contribution in [0, 0.1) is 0 Å². The summed E-state index contributed by atoms with van der Waals surface area (Å²) in [5.74, 6) is 0.755. The highest BCUT2D eigenvalue weighted by molar-refractivity contribution is 7.17. The first-order valence-electron chi connectivity index (χ1n) is 9.85. The zero-order chi connectivity index (χ0) is 19.8. The normalized spacial score (nSPS) is 16.6.